The lowest BCUT2D eigenvalue weighted by Gasteiger charge is -2.27. The summed E-state index contributed by atoms with van der Waals surface area (Å²) in [6.45, 7) is 6.76. The van der Waals surface area contributed by atoms with Crippen molar-refractivity contribution in [1.82, 2.24) is 0 Å². The van der Waals surface area contributed by atoms with Gasteiger partial charge in [-0.15, -0.1) is 0 Å². The van der Waals surface area contributed by atoms with Crippen molar-refractivity contribution in [2.24, 2.45) is 17.8 Å². The average Bonchev–Trinajstić information content (AvgIpc) is 2.37. The van der Waals surface area contributed by atoms with Gasteiger partial charge in [-0.3, -0.25) is 9.59 Å². The number of aliphatic hydroxyl groups is 2. The topological polar surface area (TPSA) is 101 Å². The van der Waals surface area contributed by atoms with E-state index < -0.39 is 24.6 Å². The molecule has 2 N–H and O–H groups in total. The number of esters is 2. The third-order valence-electron chi connectivity index (χ3n) is 3.43. The maximum absolute atomic E-state index is 11.4. The third kappa shape index (κ3) is 7.92. The van der Waals surface area contributed by atoms with Gasteiger partial charge in [-0.1, -0.05) is 20.8 Å². The van der Waals surface area contributed by atoms with Crippen molar-refractivity contribution in [3.63, 3.8) is 0 Å². The molecule has 1 rings (SSSR count). The molecule has 0 aromatic rings. The summed E-state index contributed by atoms with van der Waals surface area (Å²) in [7, 11) is 0. The van der Waals surface area contributed by atoms with Crippen LogP contribution in [0.4, 0.5) is 0 Å². The largest absolute Gasteiger partial charge is 0.393 e. The molecule has 0 heterocycles. The molecule has 6 heteroatoms. The third-order valence-corrected chi connectivity index (χ3v) is 3.43. The van der Waals surface area contributed by atoms with E-state index in [0.29, 0.717) is 23.5 Å². The summed E-state index contributed by atoms with van der Waals surface area (Å²) in [4.78, 5) is 31.8. The molecule has 0 aromatic heterocycles. The number of ether oxygens (including phenoxy) is 1. The molecule has 0 spiro atoms. The Bertz CT molecular complexity index is 363. The van der Waals surface area contributed by atoms with Crippen LogP contribution in [0.5, 0.6) is 0 Å². The second kappa shape index (κ2) is 9.63. The molecule has 0 aliphatic heterocycles. The van der Waals surface area contributed by atoms with E-state index in [1.54, 1.807) is 0 Å². The first-order valence-corrected chi connectivity index (χ1v) is 7.22. The first kappa shape index (κ1) is 19.7. The summed E-state index contributed by atoms with van der Waals surface area (Å²) in [6, 6.07) is 0. The van der Waals surface area contributed by atoms with E-state index in [4.69, 9.17) is 10.2 Å². The van der Waals surface area contributed by atoms with E-state index in [0.717, 1.165) is 19.8 Å². The Balaban J connectivity index is 0.000000384. The molecule has 1 aliphatic carbocycles. The fourth-order valence-corrected chi connectivity index (χ4v) is 2.21. The summed E-state index contributed by atoms with van der Waals surface area (Å²) in [5, 5.41) is 16.7. The lowest BCUT2D eigenvalue weighted by atomic mass is 9.77. The Morgan fingerprint density at radius 3 is 2.29 bits per heavy atom. The van der Waals surface area contributed by atoms with E-state index in [1.807, 2.05) is 0 Å². The fraction of sp³-hybridized carbons (Fsp3) is 0.800. The maximum atomic E-state index is 11.4. The van der Waals surface area contributed by atoms with E-state index in [1.165, 1.54) is 6.42 Å². The van der Waals surface area contributed by atoms with Gasteiger partial charge < -0.3 is 14.9 Å². The minimum Gasteiger partial charge on any atom is -0.393 e. The second-order valence-electron chi connectivity index (χ2n) is 5.81. The second-order valence-corrected chi connectivity index (χ2v) is 5.81. The molecule has 1 aliphatic rings. The van der Waals surface area contributed by atoms with Crippen LogP contribution in [0.3, 0.4) is 0 Å². The van der Waals surface area contributed by atoms with Crippen molar-refractivity contribution in [1.29, 1.82) is 0 Å². The molecule has 0 aromatic carbocycles. The number of hydrogen-bond donors (Lipinski definition) is 2. The molecule has 6 nitrogen and oxygen atoms in total. The summed E-state index contributed by atoms with van der Waals surface area (Å²) in [5.74, 6) is 0.116. The molecule has 3 atom stereocenters. The van der Waals surface area contributed by atoms with Crippen LogP contribution < -0.4 is 0 Å². The average molecular weight is 302 g/mol. The zero-order valence-electron chi connectivity index (χ0n) is 13.2. The smallest absolute Gasteiger partial charge is 0.345 e. The number of aliphatic hydroxyl groups excluding tert-OH is 2. The Morgan fingerprint density at radius 1 is 1.33 bits per heavy atom. The summed E-state index contributed by atoms with van der Waals surface area (Å²) in [5.41, 5.74) is 0. The lowest BCUT2D eigenvalue weighted by molar-refractivity contribution is -0.165. The molecule has 122 valence electrons. The number of carbonyl (C=O) groups excluding carboxylic acids is 3. The molecular formula is C15H26O6. The summed E-state index contributed by atoms with van der Waals surface area (Å²) < 4.78 is 3.92. The highest BCUT2D eigenvalue weighted by molar-refractivity contribution is 5.86. The van der Waals surface area contributed by atoms with Crippen LogP contribution in [-0.4, -0.2) is 40.6 Å². The Kier molecular flexibility index (Phi) is 9.05. The quantitative estimate of drug-likeness (QED) is 0.597. The van der Waals surface area contributed by atoms with Crippen molar-refractivity contribution in [3.05, 3.63) is 0 Å². The van der Waals surface area contributed by atoms with Crippen LogP contribution in [0.1, 0.15) is 47.0 Å². The Morgan fingerprint density at radius 2 is 1.90 bits per heavy atom. The zero-order valence-corrected chi connectivity index (χ0v) is 13.2. The van der Waals surface area contributed by atoms with Crippen LogP contribution >= 0.6 is 0 Å². The molecule has 1 fully saturated rings. The number of rotatable bonds is 3. The molecule has 1 unspecified atom stereocenters. The Hall–Kier alpha value is -1.27. The van der Waals surface area contributed by atoms with Crippen molar-refractivity contribution < 1.29 is 29.3 Å². The van der Waals surface area contributed by atoms with Crippen LogP contribution in [0.15, 0.2) is 0 Å². The monoisotopic (exact) mass is 302 g/mol. The highest BCUT2D eigenvalue weighted by Crippen LogP contribution is 2.29. The van der Waals surface area contributed by atoms with Gasteiger partial charge in [0.15, 0.2) is 6.10 Å². The number of hydrogen-bond acceptors (Lipinski definition) is 6. The highest BCUT2D eigenvalue weighted by Gasteiger charge is 2.28. The molecule has 0 bridgehead atoms. The lowest BCUT2D eigenvalue weighted by Crippen LogP contribution is -2.27. The predicted octanol–water partition coefficient (Wildman–Crippen LogP) is 1.08. The first-order chi connectivity index (χ1) is 9.68. The van der Waals surface area contributed by atoms with Crippen molar-refractivity contribution in [2.45, 2.75) is 53.1 Å². The maximum Gasteiger partial charge on any atom is 0.345 e. The number of carbonyl (C=O) groups is 3. The normalized spacial score (nSPS) is 23.1. The van der Waals surface area contributed by atoms with Gasteiger partial charge in [-0.25, -0.2) is 4.79 Å². The van der Waals surface area contributed by atoms with Gasteiger partial charge in [0.1, 0.15) is 5.78 Å². The minimum atomic E-state index is -1.62. The van der Waals surface area contributed by atoms with Crippen molar-refractivity contribution in [2.75, 3.05) is 6.61 Å². The zero-order chi connectivity index (χ0) is 16.6. The van der Waals surface area contributed by atoms with Gasteiger partial charge in [-0.05, 0) is 24.7 Å². The summed E-state index contributed by atoms with van der Waals surface area (Å²) >= 11 is 0. The molecule has 0 saturated heterocycles. The molecule has 0 amide bonds. The predicted molar refractivity (Wildman–Crippen MR) is 76.2 cm³/mol. The fourth-order valence-electron chi connectivity index (χ4n) is 2.21. The minimum absolute atomic E-state index is 0.367. The molecular weight excluding hydrogens is 276 g/mol. The van der Waals surface area contributed by atoms with Gasteiger partial charge in [-0.2, -0.15) is 0 Å². The van der Waals surface area contributed by atoms with Gasteiger partial charge in [0.25, 0.3) is 0 Å². The summed E-state index contributed by atoms with van der Waals surface area (Å²) in [6.07, 6.45) is 1.57. The van der Waals surface area contributed by atoms with Crippen LogP contribution in [-0.2, 0) is 19.1 Å². The molecule has 21 heavy (non-hydrogen) atoms. The SMILES string of the molecule is CC(=O)OC(=O)C(O)CO.CC(C)[C@H]1CC[C@H](C)CC1=O. The van der Waals surface area contributed by atoms with E-state index in [9.17, 15) is 14.4 Å². The van der Waals surface area contributed by atoms with Gasteiger partial charge in [0, 0.05) is 19.3 Å². The molecule has 0 radical (unpaired) electrons. The highest BCUT2D eigenvalue weighted by atomic mass is 16.6. The number of ketones is 1. The standard InChI is InChI=1S/C10H18O.C5H8O5/c1-7(2)9-5-4-8(3)6-10(9)11;1-3(7)10-5(9)4(8)2-6/h7-9H,4-6H2,1-3H3;4,6,8H,2H2,1H3/t8-,9+;/m0./s1. The van der Waals surface area contributed by atoms with E-state index >= 15 is 0 Å². The first-order valence-electron chi connectivity index (χ1n) is 7.22. The van der Waals surface area contributed by atoms with Crippen LogP contribution in [0, 0.1) is 17.8 Å². The van der Waals surface area contributed by atoms with Crippen LogP contribution in [0.2, 0.25) is 0 Å². The van der Waals surface area contributed by atoms with Gasteiger partial charge >= 0.3 is 11.9 Å². The van der Waals surface area contributed by atoms with Crippen molar-refractivity contribution >= 4 is 17.7 Å². The van der Waals surface area contributed by atoms with Crippen LogP contribution in [0.25, 0.3) is 0 Å². The van der Waals surface area contributed by atoms with E-state index in [-0.39, 0.29) is 0 Å². The number of Topliss-reactive ketones (excluding diaryl/α,β-unsaturated/α-hetero) is 1. The van der Waals surface area contributed by atoms with Gasteiger partial charge in [0.05, 0.1) is 6.61 Å². The van der Waals surface area contributed by atoms with E-state index in [2.05, 4.69) is 25.5 Å². The van der Waals surface area contributed by atoms with Crippen molar-refractivity contribution in [3.8, 4) is 0 Å². The Labute approximate surface area is 125 Å². The molecule has 1 saturated carbocycles. The van der Waals surface area contributed by atoms with Gasteiger partial charge in [0.2, 0.25) is 0 Å².